The van der Waals surface area contributed by atoms with Crippen LogP contribution in [0.1, 0.15) is 12.7 Å². The highest BCUT2D eigenvalue weighted by molar-refractivity contribution is 5.58. The molecule has 1 atom stereocenters. The number of aliphatic hydroxyl groups is 1. The van der Waals surface area contributed by atoms with E-state index in [0.29, 0.717) is 6.61 Å². The third kappa shape index (κ3) is 3.98. The van der Waals surface area contributed by atoms with Crippen molar-refractivity contribution >= 4 is 0 Å². The fraction of sp³-hybridized carbons (Fsp3) is 0.474. The number of hydrogen-bond donors (Lipinski definition) is 1. The highest BCUT2D eigenvalue weighted by atomic mass is 16.5. The number of nitrogens with zero attached hydrogens (tertiary/aromatic N) is 2. The minimum absolute atomic E-state index is 0.197. The van der Waals surface area contributed by atoms with Crippen molar-refractivity contribution in [2.45, 2.75) is 19.5 Å². The fourth-order valence-electron chi connectivity index (χ4n) is 3.07. The van der Waals surface area contributed by atoms with Gasteiger partial charge in [0.25, 0.3) is 0 Å². The van der Waals surface area contributed by atoms with E-state index in [1.54, 1.807) is 0 Å². The number of aliphatic hydroxyl groups excluding tert-OH is 1. The number of piperazine rings is 1. The largest absolute Gasteiger partial charge is 0.494 e. The van der Waals surface area contributed by atoms with E-state index in [1.165, 1.54) is 0 Å². The van der Waals surface area contributed by atoms with Crippen LogP contribution >= 0.6 is 0 Å². The summed E-state index contributed by atoms with van der Waals surface area (Å²) < 4.78 is 11.5. The third-order valence-electron chi connectivity index (χ3n) is 4.56. The minimum Gasteiger partial charge on any atom is -0.494 e. The van der Waals surface area contributed by atoms with Crippen LogP contribution in [0.25, 0.3) is 11.3 Å². The summed E-state index contributed by atoms with van der Waals surface area (Å²) in [5.41, 5.74) is 1.05. The highest BCUT2D eigenvalue weighted by Gasteiger charge is 2.24. The van der Waals surface area contributed by atoms with Gasteiger partial charge in [-0.25, -0.2) is 0 Å². The Morgan fingerprint density at radius 2 is 1.96 bits per heavy atom. The molecule has 2 heterocycles. The van der Waals surface area contributed by atoms with Crippen molar-refractivity contribution in [3.63, 3.8) is 0 Å². The molecule has 1 aliphatic rings. The van der Waals surface area contributed by atoms with E-state index in [2.05, 4.69) is 16.8 Å². The van der Waals surface area contributed by atoms with Crippen LogP contribution in [0.5, 0.6) is 5.75 Å². The molecule has 0 amide bonds. The van der Waals surface area contributed by atoms with Gasteiger partial charge in [0.15, 0.2) is 0 Å². The molecule has 0 aliphatic carbocycles. The van der Waals surface area contributed by atoms with Gasteiger partial charge < -0.3 is 14.3 Å². The Hall–Kier alpha value is -1.82. The van der Waals surface area contributed by atoms with Crippen LogP contribution in [-0.2, 0) is 6.54 Å². The van der Waals surface area contributed by atoms with Crippen LogP contribution in [0.2, 0.25) is 0 Å². The lowest BCUT2D eigenvalue weighted by Crippen LogP contribution is -2.52. The van der Waals surface area contributed by atoms with Gasteiger partial charge in [0, 0.05) is 31.2 Å². The number of furan rings is 1. The van der Waals surface area contributed by atoms with Crippen molar-refractivity contribution in [2.24, 2.45) is 0 Å². The summed E-state index contributed by atoms with van der Waals surface area (Å²) in [6.07, 6.45) is 0. The molecule has 0 radical (unpaired) electrons. The van der Waals surface area contributed by atoms with Crippen molar-refractivity contribution < 1.29 is 14.3 Å². The number of benzene rings is 1. The number of likely N-dealkylation sites (N-methyl/N-ethyl adjacent to an activating group) is 1. The minimum atomic E-state index is 0.197. The SMILES string of the molecule is CCOc1ccc(-c2ccc(CN3CCN(C)C(CO)C3)o2)cc1. The van der Waals surface area contributed by atoms with Gasteiger partial charge in [0.1, 0.15) is 17.3 Å². The van der Waals surface area contributed by atoms with Crippen molar-refractivity contribution in [1.29, 1.82) is 0 Å². The topological polar surface area (TPSA) is 49.1 Å². The van der Waals surface area contributed by atoms with E-state index in [1.807, 2.05) is 43.3 Å². The van der Waals surface area contributed by atoms with Crippen LogP contribution in [0.3, 0.4) is 0 Å². The smallest absolute Gasteiger partial charge is 0.134 e. The number of hydrogen-bond acceptors (Lipinski definition) is 5. The first-order valence-corrected chi connectivity index (χ1v) is 8.55. The zero-order chi connectivity index (χ0) is 16.9. The molecule has 0 saturated carbocycles. The fourth-order valence-corrected chi connectivity index (χ4v) is 3.07. The van der Waals surface area contributed by atoms with Crippen LogP contribution in [0, 0.1) is 0 Å². The van der Waals surface area contributed by atoms with Gasteiger partial charge in [-0.2, -0.15) is 0 Å². The Morgan fingerprint density at radius 1 is 1.17 bits per heavy atom. The molecule has 0 spiro atoms. The van der Waals surface area contributed by atoms with Crippen molar-refractivity contribution in [3.05, 3.63) is 42.2 Å². The van der Waals surface area contributed by atoms with Crippen LogP contribution in [0.15, 0.2) is 40.8 Å². The molecule has 5 heteroatoms. The van der Waals surface area contributed by atoms with E-state index in [9.17, 15) is 5.11 Å². The summed E-state index contributed by atoms with van der Waals surface area (Å²) in [7, 11) is 2.06. The Balaban J connectivity index is 1.63. The zero-order valence-electron chi connectivity index (χ0n) is 14.4. The zero-order valence-corrected chi connectivity index (χ0v) is 14.4. The van der Waals surface area contributed by atoms with Gasteiger partial charge in [-0.05, 0) is 50.4 Å². The van der Waals surface area contributed by atoms with Crippen LogP contribution in [0.4, 0.5) is 0 Å². The molecule has 5 nitrogen and oxygen atoms in total. The second kappa shape index (κ2) is 7.83. The molecule has 1 aromatic heterocycles. The average molecular weight is 330 g/mol. The van der Waals surface area contributed by atoms with Crippen molar-refractivity contribution in [2.75, 3.05) is 39.9 Å². The second-order valence-corrected chi connectivity index (χ2v) is 6.28. The molecule has 1 aliphatic heterocycles. The third-order valence-corrected chi connectivity index (χ3v) is 4.56. The van der Waals surface area contributed by atoms with Gasteiger partial charge in [-0.15, -0.1) is 0 Å². The molecular formula is C19H26N2O3. The number of ether oxygens (including phenoxy) is 1. The molecule has 1 aromatic carbocycles. The Morgan fingerprint density at radius 3 is 2.67 bits per heavy atom. The standard InChI is InChI=1S/C19H26N2O3/c1-3-23-17-6-4-15(5-7-17)19-9-8-18(24-19)13-21-11-10-20(2)16(12-21)14-22/h4-9,16,22H,3,10-14H2,1-2H3. The molecule has 1 unspecified atom stereocenters. The van der Waals surface area contributed by atoms with Crippen molar-refractivity contribution in [1.82, 2.24) is 9.80 Å². The normalized spacial score (nSPS) is 19.5. The first-order valence-electron chi connectivity index (χ1n) is 8.55. The summed E-state index contributed by atoms with van der Waals surface area (Å²) in [5, 5.41) is 9.46. The first kappa shape index (κ1) is 17.0. The molecule has 24 heavy (non-hydrogen) atoms. The first-order chi connectivity index (χ1) is 11.7. The quantitative estimate of drug-likeness (QED) is 0.882. The van der Waals surface area contributed by atoms with Gasteiger partial charge in [-0.1, -0.05) is 0 Å². The van der Waals surface area contributed by atoms with E-state index in [-0.39, 0.29) is 12.6 Å². The molecule has 1 N–H and O–H groups in total. The molecule has 130 valence electrons. The highest BCUT2D eigenvalue weighted by Crippen LogP contribution is 2.25. The maximum absolute atomic E-state index is 9.46. The number of rotatable bonds is 6. The summed E-state index contributed by atoms with van der Waals surface area (Å²) in [4.78, 5) is 4.55. The Labute approximate surface area is 143 Å². The molecule has 0 bridgehead atoms. The summed E-state index contributed by atoms with van der Waals surface area (Å²) in [6.45, 7) is 6.45. The molecule has 3 rings (SSSR count). The van der Waals surface area contributed by atoms with Gasteiger partial charge in [0.05, 0.1) is 19.8 Å². The van der Waals surface area contributed by atoms with Gasteiger partial charge in [-0.3, -0.25) is 9.80 Å². The lowest BCUT2D eigenvalue weighted by Gasteiger charge is -2.38. The Kier molecular flexibility index (Phi) is 5.56. The molecule has 1 fully saturated rings. The van der Waals surface area contributed by atoms with Crippen molar-refractivity contribution in [3.8, 4) is 17.1 Å². The predicted octanol–water partition coefficient (Wildman–Crippen LogP) is 2.45. The van der Waals surface area contributed by atoms with E-state index >= 15 is 0 Å². The summed E-state index contributed by atoms with van der Waals surface area (Å²) in [5.74, 6) is 2.71. The Bertz CT molecular complexity index is 638. The maximum atomic E-state index is 9.46. The monoisotopic (exact) mass is 330 g/mol. The molecule has 2 aromatic rings. The van der Waals surface area contributed by atoms with E-state index in [4.69, 9.17) is 9.15 Å². The van der Waals surface area contributed by atoms with E-state index < -0.39 is 0 Å². The molecule has 1 saturated heterocycles. The lowest BCUT2D eigenvalue weighted by atomic mass is 10.2. The maximum Gasteiger partial charge on any atom is 0.134 e. The van der Waals surface area contributed by atoms with Gasteiger partial charge >= 0.3 is 0 Å². The van der Waals surface area contributed by atoms with E-state index in [0.717, 1.165) is 49.0 Å². The second-order valence-electron chi connectivity index (χ2n) is 6.28. The summed E-state index contributed by atoms with van der Waals surface area (Å²) in [6, 6.07) is 12.2. The van der Waals surface area contributed by atoms with Crippen LogP contribution in [-0.4, -0.2) is 60.8 Å². The summed E-state index contributed by atoms with van der Waals surface area (Å²) >= 11 is 0. The lowest BCUT2D eigenvalue weighted by molar-refractivity contribution is 0.0509. The van der Waals surface area contributed by atoms with Gasteiger partial charge in [0.2, 0.25) is 0 Å². The van der Waals surface area contributed by atoms with Crippen LogP contribution < -0.4 is 4.74 Å². The molecular weight excluding hydrogens is 304 g/mol. The average Bonchev–Trinajstić information content (AvgIpc) is 3.06. The predicted molar refractivity (Wildman–Crippen MR) is 94.1 cm³/mol.